The molecule has 58 heavy (non-hydrogen) atoms. The number of nitrogens with zero attached hydrogens (tertiary/aromatic N) is 5. The van der Waals surface area contributed by atoms with Crippen LogP contribution in [0.2, 0.25) is 0 Å². The lowest BCUT2D eigenvalue weighted by Crippen LogP contribution is -2.54. The summed E-state index contributed by atoms with van der Waals surface area (Å²) in [5, 5.41) is 3.51. The number of carbonyl (C=O) groups excluding carboxylic acids is 5. The Morgan fingerprint density at radius 1 is 0.845 bits per heavy atom. The molecular weight excluding hydrogens is 741 g/mol. The van der Waals surface area contributed by atoms with Gasteiger partial charge in [0.2, 0.25) is 11.8 Å². The largest absolute Gasteiger partial charge is 0.496 e. The van der Waals surface area contributed by atoms with Crippen LogP contribution in [0.4, 0.5) is 0 Å². The number of rotatable bonds is 7. The van der Waals surface area contributed by atoms with Crippen LogP contribution < -0.4 is 20.3 Å². The van der Waals surface area contributed by atoms with Crippen LogP contribution in [0.25, 0.3) is 21.9 Å². The van der Waals surface area contributed by atoms with Crippen LogP contribution in [0.15, 0.2) is 53.7 Å². The molecule has 4 aliphatic heterocycles. The number of methoxy groups -OCH3 is 2. The maximum absolute atomic E-state index is 14.2. The normalized spacial score (nSPS) is 20.8. The summed E-state index contributed by atoms with van der Waals surface area (Å²) in [4.78, 5) is 87.3. The molecule has 5 aliphatic rings. The lowest BCUT2D eigenvalue weighted by Gasteiger charge is -2.46. The van der Waals surface area contributed by atoms with Gasteiger partial charge in [-0.15, -0.1) is 0 Å². The number of piperidine rings is 2. The van der Waals surface area contributed by atoms with Crippen molar-refractivity contribution in [2.24, 2.45) is 18.4 Å². The first-order valence-electron chi connectivity index (χ1n) is 20.1. The Balaban J connectivity index is 0.818. The highest BCUT2D eigenvalue weighted by Gasteiger charge is 2.46. The summed E-state index contributed by atoms with van der Waals surface area (Å²) in [5.41, 5.74) is 4.76. The average Bonchev–Trinajstić information content (AvgIpc) is 3.74. The molecule has 4 aromatic rings. The molecule has 300 valence electrons. The number of aromatic nitrogens is 2. The second-order valence-corrected chi connectivity index (χ2v) is 16.7. The van der Waals surface area contributed by atoms with Gasteiger partial charge < -0.3 is 18.9 Å². The second kappa shape index (κ2) is 14.5. The molecule has 2 aromatic heterocycles. The van der Waals surface area contributed by atoms with Gasteiger partial charge in [0.05, 0.1) is 30.7 Å². The topological polar surface area (TPSA) is 160 Å². The molecule has 1 unspecified atom stereocenters. The highest BCUT2D eigenvalue weighted by molar-refractivity contribution is 6.23. The average molecular weight is 787 g/mol. The van der Waals surface area contributed by atoms with E-state index in [0.717, 1.165) is 77.6 Å². The summed E-state index contributed by atoms with van der Waals surface area (Å²) in [7, 11) is 4.81. The van der Waals surface area contributed by atoms with Gasteiger partial charge in [0.1, 0.15) is 23.1 Å². The third-order valence-electron chi connectivity index (χ3n) is 13.4. The Labute approximate surface area is 335 Å². The Bertz CT molecular complexity index is 2410. The minimum absolute atomic E-state index is 0.0927. The number of imide groups is 2. The van der Waals surface area contributed by atoms with Crippen LogP contribution in [0.1, 0.15) is 93.6 Å². The Morgan fingerprint density at radius 3 is 2.09 bits per heavy atom. The predicted molar refractivity (Wildman–Crippen MR) is 212 cm³/mol. The van der Waals surface area contributed by atoms with Crippen molar-refractivity contribution in [1.82, 2.24) is 29.6 Å². The Hall–Kier alpha value is -5.89. The summed E-state index contributed by atoms with van der Waals surface area (Å²) in [6, 6.07) is 8.18. The molecule has 1 N–H and O–H groups in total. The van der Waals surface area contributed by atoms with Gasteiger partial charge in [-0.05, 0) is 109 Å². The van der Waals surface area contributed by atoms with E-state index in [1.807, 2.05) is 35.2 Å². The number of ether oxygens (including phenoxy) is 2. The number of nitrogens with one attached hydrogen (secondary N) is 1. The van der Waals surface area contributed by atoms with Crippen LogP contribution in [0, 0.1) is 11.3 Å². The third kappa shape index (κ3) is 6.34. The Morgan fingerprint density at radius 2 is 1.48 bits per heavy atom. The van der Waals surface area contributed by atoms with E-state index in [1.165, 1.54) is 4.57 Å². The molecule has 0 bridgehead atoms. The van der Waals surface area contributed by atoms with Crippen molar-refractivity contribution in [2.75, 3.05) is 33.9 Å². The lowest BCUT2D eigenvalue weighted by atomic mass is 9.65. The van der Waals surface area contributed by atoms with Crippen molar-refractivity contribution < 1.29 is 33.4 Å². The highest BCUT2D eigenvalue weighted by Crippen LogP contribution is 2.48. The quantitative estimate of drug-likeness (QED) is 0.265. The molecule has 5 amide bonds. The molecule has 3 fully saturated rings. The molecule has 1 aliphatic carbocycles. The molecular formula is C44H46N6O8. The number of hydrogen-bond donors (Lipinski definition) is 1. The fraction of sp³-hybridized carbons (Fsp3) is 0.432. The maximum Gasteiger partial charge on any atom is 0.262 e. The minimum Gasteiger partial charge on any atom is -0.496 e. The van der Waals surface area contributed by atoms with Gasteiger partial charge in [0, 0.05) is 70.3 Å². The molecule has 14 nitrogen and oxygen atoms in total. The lowest BCUT2D eigenvalue weighted by molar-refractivity contribution is -0.136. The summed E-state index contributed by atoms with van der Waals surface area (Å²) in [5.74, 6) is -0.694. The molecule has 0 radical (unpaired) electrons. The first kappa shape index (κ1) is 37.7. The molecule has 1 spiro atoms. The number of fused-ring (bicyclic) bond motifs is 3. The van der Waals surface area contributed by atoms with Gasteiger partial charge >= 0.3 is 0 Å². The predicted octanol–water partition coefficient (Wildman–Crippen LogP) is 4.45. The molecule has 1 atom stereocenters. The first-order chi connectivity index (χ1) is 28.0. The van der Waals surface area contributed by atoms with Crippen LogP contribution >= 0.6 is 0 Å². The zero-order valence-electron chi connectivity index (χ0n) is 33.0. The van der Waals surface area contributed by atoms with Crippen LogP contribution in [-0.2, 0) is 29.7 Å². The van der Waals surface area contributed by atoms with Gasteiger partial charge in [0.15, 0.2) is 0 Å². The molecule has 9 rings (SSSR count). The fourth-order valence-electron chi connectivity index (χ4n) is 10.1. The van der Waals surface area contributed by atoms with Crippen molar-refractivity contribution in [3.05, 3.63) is 87.1 Å². The highest BCUT2D eigenvalue weighted by atomic mass is 16.5. The van der Waals surface area contributed by atoms with Crippen molar-refractivity contribution in [2.45, 2.75) is 70.5 Å². The molecule has 6 heterocycles. The van der Waals surface area contributed by atoms with Gasteiger partial charge in [-0.25, -0.2) is 0 Å². The minimum atomic E-state index is -0.969. The third-order valence-corrected chi connectivity index (χ3v) is 13.4. The summed E-state index contributed by atoms with van der Waals surface area (Å²) >= 11 is 0. The van der Waals surface area contributed by atoms with E-state index in [-0.39, 0.29) is 29.7 Å². The number of likely N-dealkylation sites (tertiary alicyclic amines) is 1. The summed E-state index contributed by atoms with van der Waals surface area (Å²) < 4.78 is 13.2. The van der Waals surface area contributed by atoms with E-state index < -0.39 is 29.7 Å². The van der Waals surface area contributed by atoms with E-state index in [1.54, 1.807) is 39.9 Å². The van der Waals surface area contributed by atoms with Crippen molar-refractivity contribution in [1.29, 1.82) is 0 Å². The number of benzene rings is 2. The number of aryl methyl sites for hydroxylation is 1. The number of amides is 5. The smallest absolute Gasteiger partial charge is 0.262 e. The van der Waals surface area contributed by atoms with Crippen LogP contribution in [-0.4, -0.2) is 93.7 Å². The fourth-order valence-corrected chi connectivity index (χ4v) is 10.1. The summed E-state index contributed by atoms with van der Waals surface area (Å²) in [6.07, 6.45) is 11.5. The van der Waals surface area contributed by atoms with Gasteiger partial charge in [0.25, 0.3) is 23.3 Å². The van der Waals surface area contributed by atoms with E-state index in [9.17, 15) is 28.8 Å². The van der Waals surface area contributed by atoms with E-state index >= 15 is 0 Å². The Kier molecular flexibility index (Phi) is 9.41. The standard InChI is InChI=1S/C44H46N6O8/c1-47-24-33(29-8-13-45-20-32(29)40(47)53)26-18-35(57-2)38(36(19-26)58-3)43(56)49-14-11-44(12-15-49)9-6-25(7-10-44)21-48-22-27-16-30-31(17-28(27)23-48)42(55)50(41(30)54)34-4-5-37(51)46-39(34)52/h8,13,16-20,24-25,34H,4-7,9-12,14-15,21-23H2,1-3H3,(H,46,51,52). The zero-order chi connectivity index (χ0) is 40.5. The van der Waals surface area contributed by atoms with E-state index in [0.29, 0.717) is 65.7 Å². The molecule has 2 saturated heterocycles. The molecule has 1 saturated carbocycles. The maximum atomic E-state index is 14.2. The number of pyridine rings is 2. The second-order valence-electron chi connectivity index (χ2n) is 16.7. The monoisotopic (exact) mass is 786 g/mol. The zero-order valence-corrected chi connectivity index (χ0v) is 33.0. The summed E-state index contributed by atoms with van der Waals surface area (Å²) in [6.45, 7) is 3.65. The van der Waals surface area contributed by atoms with Crippen LogP contribution in [0.3, 0.4) is 0 Å². The number of hydrogen-bond acceptors (Lipinski definition) is 10. The van der Waals surface area contributed by atoms with Crippen molar-refractivity contribution in [3.8, 4) is 22.6 Å². The van der Waals surface area contributed by atoms with Gasteiger partial charge in [-0.2, -0.15) is 0 Å². The van der Waals surface area contributed by atoms with Crippen LogP contribution in [0.5, 0.6) is 11.5 Å². The van der Waals surface area contributed by atoms with Gasteiger partial charge in [-0.1, -0.05) is 0 Å². The van der Waals surface area contributed by atoms with Crippen molar-refractivity contribution in [3.63, 3.8) is 0 Å². The SMILES string of the molecule is COc1cc(-c2cn(C)c(=O)c3cnccc23)cc(OC)c1C(=O)N1CCC2(CCC(CN3Cc4cc5c(cc4C3)C(=O)N(C3CCC(=O)NC3=O)C5=O)CC2)CC1. The van der Waals surface area contributed by atoms with E-state index in [2.05, 4.69) is 15.2 Å². The van der Waals surface area contributed by atoms with Gasteiger partial charge in [-0.3, -0.25) is 48.9 Å². The first-order valence-corrected chi connectivity index (χ1v) is 20.1. The number of carbonyl (C=O) groups is 5. The van der Waals surface area contributed by atoms with Crippen molar-refractivity contribution >= 4 is 40.3 Å². The molecule has 2 aromatic carbocycles. The van der Waals surface area contributed by atoms with E-state index in [4.69, 9.17) is 9.47 Å². The molecule has 14 heteroatoms.